The molecule has 0 unspecified atom stereocenters. The van der Waals surface area contributed by atoms with E-state index in [9.17, 15) is 9.90 Å². The summed E-state index contributed by atoms with van der Waals surface area (Å²) in [6.07, 6.45) is 2.13. The third-order valence-electron chi connectivity index (χ3n) is 6.89. The van der Waals surface area contributed by atoms with E-state index in [1.54, 1.807) is 6.07 Å². The predicted molar refractivity (Wildman–Crippen MR) is 150 cm³/mol. The van der Waals surface area contributed by atoms with E-state index in [1.807, 2.05) is 48.5 Å². The normalized spacial score (nSPS) is 11.6. The van der Waals surface area contributed by atoms with Crippen LogP contribution in [0.1, 0.15) is 42.3 Å². The van der Waals surface area contributed by atoms with Gasteiger partial charge in [0.05, 0.1) is 7.11 Å². The van der Waals surface area contributed by atoms with Crippen LogP contribution in [0.3, 0.4) is 0 Å². The van der Waals surface area contributed by atoms with Gasteiger partial charge in [-0.1, -0.05) is 93.6 Å². The van der Waals surface area contributed by atoms with E-state index >= 15 is 0 Å². The molecule has 0 aliphatic heterocycles. The smallest absolute Gasteiger partial charge is 0.341 e. The highest BCUT2D eigenvalue weighted by Crippen LogP contribution is 2.35. The van der Waals surface area contributed by atoms with E-state index < -0.39 is 5.97 Å². The molecule has 5 rings (SSSR count). The van der Waals surface area contributed by atoms with Gasteiger partial charge in [0.25, 0.3) is 0 Å². The fourth-order valence-electron chi connectivity index (χ4n) is 4.89. The fourth-order valence-corrected chi connectivity index (χ4v) is 4.89. The maximum Gasteiger partial charge on any atom is 0.341 e. The van der Waals surface area contributed by atoms with Crippen molar-refractivity contribution < 1.29 is 14.6 Å². The standard InChI is InChI=1S/C33H31NO3/c1-33(2,3)26-16-14-23(15-17-26)28-21-34(29-13-9-8-12-27(28)29)20-25-18-24(22-10-6-5-7-11-22)19-30(35)31(25)32(36)37-4/h5-19,21,35H,20H2,1-4H3. The quantitative estimate of drug-likeness (QED) is 0.256. The largest absolute Gasteiger partial charge is 0.507 e. The molecule has 5 aromatic rings. The molecule has 0 radical (unpaired) electrons. The highest BCUT2D eigenvalue weighted by molar-refractivity contribution is 5.97. The number of phenols is 1. The number of fused-ring (bicyclic) bond motifs is 1. The second-order valence-corrected chi connectivity index (χ2v) is 10.4. The zero-order valence-corrected chi connectivity index (χ0v) is 21.7. The number of aromatic hydroxyl groups is 1. The summed E-state index contributed by atoms with van der Waals surface area (Å²) in [4.78, 5) is 12.7. The lowest BCUT2D eigenvalue weighted by Crippen LogP contribution is -2.10. The van der Waals surface area contributed by atoms with Gasteiger partial charge < -0.3 is 14.4 Å². The van der Waals surface area contributed by atoms with Crippen LogP contribution >= 0.6 is 0 Å². The van der Waals surface area contributed by atoms with Gasteiger partial charge in [0.15, 0.2) is 0 Å². The van der Waals surface area contributed by atoms with Crippen molar-refractivity contribution in [3.63, 3.8) is 0 Å². The number of aromatic nitrogens is 1. The lowest BCUT2D eigenvalue weighted by Gasteiger charge is -2.19. The molecule has 0 atom stereocenters. The van der Waals surface area contributed by atoms with Gasteiger partial charge in [-0.2, -0.15) is 0 Å². The summed E-state index contributed by atoms with van der Waals surface area (Å²) in [6, 6.07) is 30.4. The summed E-state index contributed by atoms with van der Waals surface area (Å²) in [5.74, 6) is -0.640. The van der Waals surface area contributed by atoms with Gasteiger partial charge in [-0.15, -0.1) is 0 Å². The summed E-state index contributed by atoms with van der Waals surface area (Å²) < 4.78 is 7.17. The summed E-state index contributed by atoms with van der Waals surface area (Å²) in [7, 11) is 1.33. The zero-order valence-electron chi connectivity index (χ0n) is 21.7. The Morgan fingerprint density at radius 1 is 0.838 bits per heavy atom. The molecule has 0 aliphatic rings. The Balaban J connectivity index is 1.63. The third kappa shape index (κ3) is 4.75. The van der Waals surface area contributed by atoms with Crippen LogP contribution in [0.5, 0.6) is 5.75 Å². The molecule has 0 bridgehead atoms. The molecule has 4 heteroatoms. The first-order valence-corrected chi connectivity index (χ1v) is 12.4. The van der Waals surface area contributed by atoms with Gasteiger partial charge in [-0.25, -0.2) is 4.79 Å². The van der Waals surface area contributed by atoms with Crippen molar-refractivity contribution in [1.82, 2.24) is 4.57 Å². The summed E-state index contributed by atoms with van der Waals surface area (Å²) in [5.41, 5.74) is 7.38. The van der Waals surface area contributed by atoms with Crippen LogP contribution in [0.2, 0.25) is 0 Å². The molecule has 0 spiro atoms. The van der Waals surface area contributed by atoms with E-state index in [1.165, 1.54) is 12.7 Å². The molecule has 0 saturated carbocycles. The Labute approximate surface area is 217 Å². The van der Waals surface area contributed by atoms with Gasteiger partial charge in [0, 0.05) is 29.2 Å². The first-order valence-electron chi connectivity index (χ1n) is 12.4. The monoisotopic (exact) mass is 489 g/mol. The number of para-hydroxylation sites is 1. The lowest BCUT2D eigenvalue weighted by atomic mass is 9.86. The van der Waals surface area contributed by atoms with Crippen molar-refractivity contribution in [1.29, 1.82) is 0 Å². The Kier molecular flexibility index (Phi) is 6.34. The molecule has 4 aromatic carbocycles. The predicted octanol–water partition coefficient (Wildman–Crippen LogP) is 7.81. The Morgan fingerprint density at radius 2 is 1.51 bits per heavy atom. The number of phenolic OH excluding ortho intramolecular Hbond substituents is 1. The van der Waals surface area contributed by atoms with Gasteiger partial charge in [0.1, 0.15) is 11.3 Å². The van der Waals surface area contributed by atoms with Crippen molar-refractivity contribution in [2.75, 3.05) is 7.11 Å². The van der Waals surface area contributed by atoms with Gasteiger partial charge in [-0.05, 0) is 51.4 Å². The zero-order chi connectivity index (χ0) is 26.2. The molecular formula is C33H31NO3. The van der Waals surface area contributed by atoms with Crippen molar-refractivity contribution in [2.24, 2.45) is 0 Å². The van der Waals surface area contributed by atoms with Crippen LogP contribution < -0.4 is 0 Å². The molecular weight excluding hydrogens is 458 g/mol. The molecule has 0 aliphatic carbocycles. The lowest BCUT2D eigenvalue weighted by molar-refractivity contribution is 0.0596. The molecule has 4 nitrogen and oxygen atoms in total. The topological polar surface area (TPSA) is 51.5 Å². The Morgan fingerprint density at radius 3 is 2.19 bits per heavy atom. The van der Waals surface area contributed by atoms with E-state index in [0.29, 0.717) is 12.1 Å². The van der Waals surface area contributed by atoms with Crippen LogP contribution in [0.25, 0.3) is 33.2 Å². The van der Waals surface area contributed by atoms with Gasteiger partial charge in [-0.3, -0.25) is 0 Å². The third-order valence-corrected chi connectivity index (χ3v) is 6.89. The van der Waals surface area contributed by atoms with Crippen molar-refractivity contribution in [2.45, 2.75) is 32.7 Å². The number of hydrogen-bond acceptors (Lipinski definition) is 3. The Hall–Kier alpha value is -4.31. The highest BCUT2D eigenvalue weighted by atomic mass is 16.5. The van der Waals surface area contributed by atoms with Crippen LogP contribution in [0.4, 0.5) is 0 Å². The van der Waals surface area contributed by atoms with Crippen molar-refractivity contribution in [3.05, 3.63) is 114 Å². The van der Waals surface area contributed by atoms with Crippen LogP contribution in [0, 0.1) is 0 Å². The minimum Gasteiger partial charge on any atom is -0.507 e. The summed E-state index contributed by atoms with van der Waals surface area (Å²) in [6.45, 7) is 7.04. The SMILES string of the molecule is COC(=O)c1c(O)cc(-c2ccccc2)cc1Cn1cc(-c2ccc(C(C)(C)C)cc2)c2ccccc21. The number of esters is 1. The number of methoxy groups -OCH3 is 1. The average molecular weight is 490 g/mol. The molecule has 0 fully saturated rings. The average Bonchev–Trinajstić information content (AvgIpc) is 3.26. The first kappa shape index (κ1) is 24.4. The molecule has 1 aromatic heterocycles. The highest BCUT2D eigenvalue weighted by Gasteiger charge is 2.21. The van der Waals surface area contributed by atoms with Gasteiger partial charge >= 0.3 is 5.97 Å². The van der Waals surface area contributed by atoms with E-state index in [0.717, 1.165) is 33.2 Å². The second kappa shape index (κ2) is 9.62. The first-order chi connectivity index (χ1) is 17.8. The minimum atomic E-state index is -0.554. The maximum atomic E-state index is 12.7. The molecule has 0 amide bonds. The van der Waals surface area contributed by atoms with E-state index in [-0.39, 0.29) is 16.7 Å². The van der Waals surface area contributed by atoms with Gasteiger partial charge in [0.2, 0.25) is 0 Å². The molecule has 37 heavy (non-hydrogen) atoms. The number of carbonyl (C=O) groups is 1. The number of nitrogens with zero attached hydrogens (tertiary/aromatic N) is 1. The maximum absolute atomic E-state index is 12.7. The molecule has 1 heterocycles. The van der Waals surface area contributed by atoms with Crippen LogP contribution in [-0.4, -0.2) is 22.8 Å². The summed E-state index contributed by atoms with van der Waals surface area (Å²) in [5, 5.41) is 12.0. The van der Waals surface area contributed by atoms with E-state index in [2.05, 4.69) is 67.9 Å². The van der Waals surface area contributed by atoms with E-state index in [4.69, 9.17) is 4.74 Å². The number of carbonyl (C=O) groups excluding carboxylic acids is 1. The number of ether oxygens (including phenoxy) is 1. The molecule has 186 valence electrons. The van der Waals surface area contributed by atoms with Crippen molar-refractivity contribution >= 4 is 16.9 Å². The minimum absolute atomic E-state index is 0.0855. The van der Waals surface area contributed by atoms with Crippen LogP contribution in [0.15, 0.2) is 97.2 Å². The molecule has 1 N–H and O–H groups in total. The second-order valence-electron chi connectivity index (χ2n) is 10.4. The number of benzene rings is 4. The number of rotatable bonds is 5. The van der Waals surface area contributed by atoms with Crippen LogP contribution in [-0.2, 0) is 16.7 Å². The van der Waals surface area contributed by atoms with Crippen molar-refractivity contribution in [3.8, 4) is 28.0 Å². The Bertz CT molecular complexity index is 1570. The summed E-state index contributed by atoms with van der Waals surface area (Å²) >= 11 is 0. The fraction of sp³-hybridized carbons (Fsp3) is 0.182. The number of hydrogen-bond donors (Lipinski definition) is 1. The molecule has 0 saturated heterocycles.